The van der Waals surface area contributed by atoms with E-state index in [0.29, 0.717) is 24.3 Å². The van der Waals surface area contributed by atoms with E-state index in [9.17, 15) is 9.59 Å². The lowest BCUT2D eigenvalue weighted by molar-refractivity contribution is -0.130. The number of hydrogen-bond donors (Lipinski definition) is 2. The van der Waals surface area contributed by atoms with Crippen LogP contribution in [0.25, 0.3) is 16.7 Å². The zero-order valence-electron chi connectivity index (χ0n) is 18.3. The summed E-state index contributed by atoms with van der Waals surface area (Å²) in [6, 6.07) is 14.7. The average Bonchev–Trinajstić information content (AvgIpc) is 3.40. The summed E-state index contributed by atoms with van der Waals surface area (Å²) in [7, 11) is 0. The molecule has 1 atom stereocenters. The number of fused-ring (bicyclic) bond motifs is 1. The molecule has 9 nitrogen and oxygen atoms in total. The van der Waals surface area contributed by atoms with Gasteiger partial charge in [-0.2, -0.15) is 13.8 Å². The lowest BCUT2D eigenvalue weighted by atomic mass is 10.00. The van der Waals surface area contributed by atoms with E-state index in [-0.39, 0.29) is 18.4 Å². The SMILES string of the molecule is Cc1nn(-c2ccccc2)c(C)c1C1C(=O)NCCN1CC(=O)Nc1cccc2nsnc12. The van der Waals surface area contributed by atoms with E-state index < -0.39 is 6.04 Å². The van der Waals surface area contributed by atoms with Crippen molar-refractivity contribution >= 4 is 40.3 Å². The van der Waals surface area contributed by atoms with Crippen molar-refractivity contribution in [2.75, 3.05) is 25.0 Å². The molecule has 3 heterocycles. The second kappa shape index (κ2) is 8.72. The third-order valence-corrected chi connectivity index (χ3v) is 6.38. The van der Waals surface area contributed by atoms with Crippen LogP contribution in [0.4, 0.5) is 5.69 Å². The minimum absolute atomic E-state index is 0.0709. The van der Waals surface area contributed by atoms with Gasteiger partial charge in [0.05, 0.1) is 35.3 Å². The van der Waals surface area contributed by atoms with Crippen LogP contribution in [0, 0.1) is 13.8 Å². The van der Waals surface area contributed by atoms with Gasteiger partial charge in [0.25, 0.3) is 0 Å². The van der Waals surface area contributed by atoms with Crippen LogP contribution in [0.15, 0.2) is 48.5 Å². The van der Waals surface area contributed by atoms with Crippen LogP contribution >= 0.6 is 11.7 Å². The molecule has 2 amide bonds. The highest BCUT2D eigenvalue weighted by Crippen LogP contribution is 2.30. The number of carbonyl (C=O) groups is 2. The van der Waals surface area contributed by atoms with Crippen molar-refractivity contribution in [1.82, 2.24) is 28.7 Å². The van der Waals surface area contributed by atoms with Crippen molar-refractivity contribution in [3.8, 4) is 5.69 Å². The standard InChI is InChI=1S/C23H23N7O2S/c1-14-20(15(2)30(26-14)16-7-4-3-5-8-16)22-23(32)24-11-12-29(22)13-19(31)25-17-9-6-10-18-21(17)28-33-27-18/h3-10,22H,11-13H2,1-2H3,(H,24,32)(H,25,31). The number of carbonyl (C=O) groups excluding carboxylic acids is 2. The van der Waals surface area contributed by atoms with E-state index in [1.54, 1.807) is 6.07 Å². The number of anilines is 1. The Morgan fingerprint density at radius 3 is 2.79 bits per heavy atom. The van der Waals surface area contributed by atoms with E-state index in [4.69, 9.17) is 5.10 Å². The number of nitrogens with one attached hydrogen (secondary N) is 2. The fraction of sp³-hybridized carbons (Fsp3) is 0.261. The lowest BCUT2D eigenvalue weighted by Gasteiger charge is -2.34. The number of aryl methyl sites for hydroxylation is 1. The van der Waals surface area contributed by atoms with Crippen LogP contribution in [0.1, 0.15) is 23.0 Å². The van der Waals surface area contributed by atoms with Gasteiger partial charge >= 0.3 is 0 Å². The van der Waals surface area contributed by atoms with Gasteiger partial charge in [0, 0.05) is 24.3 Å². The second-order valence-electron chi connectivity index (χ2n) is 7.98. The van der Waals surface area contributed by atoms with Crippen LogP contribution in [0.3, 0.4) is 0 Å². The zero-order chi connectivity index (χ0) is 22.9. The monoisotopic (exact) mass is 461 g/mol. The Bertz CT molecular complexity index is 1330. The molecule has 2 aromatic carbocycles. The van der Waals surface area contributed by atoms with Gasteiger partial charge in [-0.3, -0.25) is 14.5 Å². The highest BCUT2D eigenvalue weighted by atomic mass is 32.1. The van der Waals surface area contributed by atoms with Gasteiger partial charge in [0.2, 0.25) is 11.8 Å². The highest BCUT2D eigenvalue weighted by Gasteiger charge is 2.36. The van der Waals surface area contributed by atoms with E-state index in [0.717, 1.165) is 39.9 Å². The molecule has 0 spiro atoms. The van der Waals surface area contributed by atoms with Crippen molar-refractivity contribution in [2.45, 2.75) is 19.9 Å². The third kappa shape index (κ3) is 3.98. The second-order valence-corrected chi connectivity index (χ2v) is 8.51. The Morgan fingerprint density at radius 1 is 1.15 bits per heavy atom. The van der Waals surface area contributed by atoms with Crippen LogP contribution < -0.4 is 10.6 Å². The minimum Gasteiger partial charge on any atom is -0.353 e. The first-order chi connectivity index (χ1) is 16.0. The smallest absolute Gasteiger partial charge is 0.242 e. The fourth-order valence-electron chi connectivity index (χ4n) is 4.35. The maximum atomic E-state index is 13.0. The number of aromatic nitrogens is 4. The van der Waals surface area contributed by atoms with Gasteiger partial charge in [-0.1, -0.05) is 24.3 Å². The molecule has 0 aliphatic carbocycles. The quantitative estimate of drug-likeness (QED) is 0.473. The molecule has 1 aliphatic heterocycles. The molecule has 5 rings (SSSR count). The molecule has 1 unspecified atom stereocenters. The Balaban J connectivity index is 1.42. The van der Waals surface area contributed by atoms with E-state index in [2.05, 4.69) is 19.4 Å². The molecule has 33 heavy (non-hydrogen) atoms. The normalized spacial score (nSPS) is 16.7. The molecule has 1 fully saturated rings. The van der Waals surface area contributed by atoms with Crippen molar-refractivity contribution in [3.63, 3.8) is 0 Å². The average molecular weight is 462 g/mol. The van der Waals surface area contributed by atoms with Crippen molar-refractivity contribution in [2.24, 2.45) is 0 Å². The Morgan fingerprint density at radius 2 is 1.97 bits per heavy atom. The number of hydrogen-bond acceptors (Lipinski definition) is 7. The first-order valence-corrected chi connectivity index (χ1v) is 11.4. The largest absolute Gasteiger partial charge is 0.353 e. The minimum atomic E-state index is -0.598. The van der Waals surface area contributed by atoms with Crippen LogP contribution in [0.2, 0.25) is 0 Å². The molecule has 0 saturated carbocycles. The Kier molecular flexibility index (Phi) is 5.61. The summed E-state index contributed by atoms with van der Waals surface area (Å²) < 4.78 is 10.3. The lowest BCUT2D eigenvalue weighted by Crippen LogP contribution is -2.52. The molecule has 1 saturated heterocycles. The number of piperazine rings is 1. The summed E-state index contributed by atoms with van der Waals surface area (Å²) in [6.45, 7) is 4.97. The van der Waals surface area contributed by atoms with E-state index >= 15 is 0 Å². The number of para-hydroxylation sites is 1. The van der Waals surface area contributed by atoms with Crippen LogP contribution in [0.5, 0.6) is 0 Å². The van der Waals surface area contributed by atoms with Crippen LogP contribution in [-0.4, -0.2) is 54.9 Å². The predicted molar refractivity (Wildman–Crippen MR) is 126 cm³/mol. The highest BCUT2D eigenvalue weighted by molar-refractivity contribution is 7.00. The molecular formula is C23H23N7O2S. The molecule has 4 aromatic rings. The molecule has 1 aliphatic rings. The summed E-state index contributed by atoms with van der Waals surface area (Å²) in [5.41, 5.74) is 5.43. The summed E-state index contributed by atoms with van der Waals surface area (Å²) >= 11 is 1.11. The van der Waals surface area contributed by atoms with Crippen LogP contribution in [-0.2, 0) is 9.59 Å². The molecule has 2 aromatic heterocycles. The topological polar surface area (TPSA) is 105 Å². The number of benzene rings is 2. The Hall–Kier alpha value is -3.63. The van der Waals surface area contributed by atoms with Crippen molar-refractivity contribution < 1.29 is 9.59 Å². The molecular weight excluding hydrogens is 438 g/mol. The summed E-state index contributed by atoms with van der Waals surface area (Å²) in [6.07, 6.45) is 0. The van der Waals surface area contributed by atoms with Gasteiger partial charge in [0.15, 0.2) is 0 Å². The maximum Gasteiger partial charge on any atom is 0.242 e. The maximum absolute atomic E-state index is 13.0. The summed E-state index contributed by atoms with van der Waals surface area (Å²) in [4.78, 5) is 27.9. The van der Waals surface area contributed by atoms with Gasteiger partial charge < -0.3 is 10.6 Å². The van der Waals surface area contributed by atoms with E-state index in [1.165, 1.54) is 0 Å². The van der Waals surface area contributed by atoms with Gasteiger partial charge in [-0.15, -0.1) is 0 Å². The fourth-order valence-corrected chi connectivity index (χ4v) is 4.90. The molecule has 0 bridgehead atoms. The first kappa shape index (κ1) is 21.2. The van der Waals surface area contributed by atoms with Crippen molar-refractivity contribution in [3.05, 3.63) is 65.5 Å². The van der Waals surface area contributed by atoms with E-state index in [1.807, 2.05) is 65.9 Å². The number of nitrogens with zero attached hydrogens (tertiary/aromatic N) is 5. The van der Waals surface area contributed by atoms with Crippen molar-refractivity contribution in [1.29, 1.82) is 0 Å². The summed E-state index contributed by atoms with van der Waals surface area (Å²) in [5.74, 6) is -0.334. The van der Waals surface area contributed by atoms with Gasteiger partial charge in [0.1, 0.15) is 17.1 Å². The molecule has 10 heteroatoms. The molecule has 168 valence electrons. The predicted octanol–water partition coefficient (Wildman–Crippen LogP) is 2.61. The number of amides is 2. The number of rotatable bonds is 5. The zero-order valence-corrected chi connectivity index (χ0v) is 19.1. The third-order valence-electron chi connectivity index (χ3n) is 5.84. The van der Waals surface area contributed by atoms with Gasteiger partial charge in [-0.25, -0.2) is 4.68 Å². The molecule has 2 N–H and O–H groups in total. The molecule has 0 radical (unpaired) electrons. The Labute approximate surface area is 194 Å². The van der Waals surface area contributed by atoms with Gasteiger partial charge in [-0.05, 0) is 38.1 Å². The summed E-state index contributed by atoms with van der Waals surface area (Å²) in [5, 5.41) is 10.6. The first-order valence-electron chi connectivity index (χ1n) is 10.7.